The van der Waals surface area contributed by atoms with E-state index >= 15 is 0 Å². The molecule has 0 radical (unpaired) electrons. The number of benzene rings is 1. The van der Waals surface area contributed by atoms with Crippen molar-refractivity contribution in [2.24, 2.45) is 5.73 Å². The van der Waals surface area contributed by atoms with Crippen molar-refractivity contribution in [2.45, 2.75) is 24.6 Å². The van der Waals surface area contributed by atoms with E-state index < -0.39 is 0 Å². The predicted molar refractivity (Wildman–Crippen MR) is 76.3 cm³/mol. The topological polar surface area (TPSA) is 29.3 Å². The molecular weight excluding hydrogens is 228 g/mol. The monoisotopic (exact) mass is 250 g/mol. The number of rotatable bonds is 3. The molecule has 0 aromatic heterocycles. The standard InChI is InChI=1S/C14H22N2S/c1-12-10-16(8-9-17-12)11-14(2,15)13-6-4-3-5-7-13/h3-7,12H,8-11,15H2,1-2H3. The molecule has 2 atom stereocenters. The van der Waals surface area contributed by atoms with Crippen LogP contribution in [0.25, 0.3) is 0 Å². The first kappa shape index (κ1) is 12.9. The Morgan fingerprint density at radius 3 is 2.76 bits per heavy atom. The van der Waals surface area contributed by atoms with Crippen molar-refractivity contribution in [3.05, 3.63) is 35.9 Å². The molecule has 3 heteroatoms. The zero-order chi connectivity index (χ0) is 12.3. The van der Waals surface area contributed by atoms with Crippen molar-refractivity contribution in [1.82, 2.24) is 4.90 Å². The first-order valence-corrected chi connectivity index (χ1v) is 7.31. The Morgan fingerprint density at radius 2 is 2.12 bits per heavy atom. The maximum Gasteiger partial charge on any atom is 0.0509 e. The van der Waals surface area contributed by atoms with Gasteiger partial charge in [-0.15, -0.1) is 0 Å². The van der Waals surface area contributed by atoms with Gasteiger partial charge in [-0.05, 0) is 12.5 Å². The second-order valence-corrected chi connectivity index (χ2v) is 6.75. The van der Waals surface area contributed by atoms with Crippen LogP contribution in [0.4, 0.5) is 0 Å². The first-order chi connectivity index (χ1) is 8.08. The lowest BCUT2D eigenvalue weighted by Gasteiger charge is -2.37. The van der Waals surface area contributed by atoms with Crippen molar-refractivity contribution < 1.29 is 0 Å². The molecule has 0 spiro atoms. The lowest BCUT2D eigenvalue weighted by Crippen LogP contribution is -2.49. The van der Waals surface area contributed by atoms with Crippen LogP contribution in [0, 0.1) is 0 Å². The van der Waals surface area contributed by atoms with E-state index in [-0.39, 0.29) is 5.54 Å². The highest BCUT2D eigenvalue weighted by Gasteiger charge is 2.26. The molecule has 1 saturated heterocycles. The van der Waals surface area contributed by atoms with Crippen LogP contribution in [-0.2, 0) is 5.54 Å². The fraction of sp³-hybridized carbons (Fsp3) is 0.571. The normalized spacial score (nSPS) is 25.5. The summed E-state index contributed by atoms with van der Waals surface area (Å²) in [5.74, 6) is 1.23. The van der Waals surface area contributed by atoms with E-state index in [0.717, 1.165) is 24.9 Å². The molecule has 0 bridgehead atoms. The second-order valence-electron chi connectivity index (χ2n) is 5.20. The third-order valence-electron chi connectivity index (χ3n) is 3.31. The van der Waals surface area contributed by atoms with Gasteiger partial charge in [-0.2, -0.15) is 11.8 Å². The van der Waals surface area contributed by atoms with Crippen LogP contribution in [0.2, 0.25) is 0 Å². The molecule has 0 aliphatic carbocycles. The third kappa shape index (κ3) is 3.47. The molecule has 1 aliphatic heterocycles. The Balaban J connectivity index is 2.01. The molecule has 0 amide bonds. The SMILES string of the molecule is CC1CN(CC(C)(N)c2ccccc2)CCS1. The molecule has 2 N–H and O–H groups in total. The molecule has 2 unspecified atom stereocenters. The summed E-state index contributed by atoms with van der Waals surface area (Å²) in [5.41, 5.74) is 7.45. The van der Waals surface area contributed by atoms with Crippen molar-refractivity contribution in [2.75, 3.05) is 25.4 Å². The molecule has 1 fully saturated rings. The predicted octanol–water partition coefficient (Wildman–Crippen LogP) is 2.30. The van der Waals surface area contributed by atoms with Crippen LogP contribution in [0.5, 0.6) is 0 Å². The average Bonchev–Trinajstić information content (AvgIpc) is 2.29. The van der Waals surface area contributed by atoms with Crippen molar-refractivity contribution in [1.29, 1.82) is 0 Å². The van der Waals surface area contributed by atoms with Gasteiger partial charge in [0.2, 0.25) is 0 Å². The molecule has 1 aromatic rings. The summed E-state index contributed by atoms with van der Waals surface area (Å²) < 4.78 is 0. The van der Waals surface area contributed by atoms with Crippen LogP contribution in [0.15, 0.2) is 30.3 Å². The third-order valence-corrected chi connectivity index (χ3v) is 4.45. The summed E-state index contributed by atoms with van der Waals surface area (Å²) in [6.45, 7) is 7.70. The Bertz CT molecular complexity index is 350. The summed E-state index contributed by atoms with van der Waals surface area (Å²) in [4.78, 5) is 2.49. The average molecular weight is 250 g/mol. The van der Waals surface area contributed by atoms with E-state index in [2.05, 4.69) is 54.8 Å². The number of hydrogen-bond donors (Lipinski definition) is 1. The van der Waals surface area contributed by atoms with Crippen LogP contribution < -0.4 is 5.73 Å². The zero-order valence-electron chi connectivity index (χ0n) is 10.7. The molecule has 1 heterocycles. The smallest absolute Gasteiger partial charge is 0.0509 e. The fourth-order valence-electron chi connectivity index (χ4n) is 2.41. The van der Waals surface area contributed by atoms with E-state index in [1.165, 1.54) is 11.3 Å². The maximum absolute atomic E-state index is 6.47. The van der Waals surface area contributed by atoms with Crippen LogP contribution in [0.3, 0.4) is 0 Å². The van der Waals surface area contributed by atoms with Crippen LogP contribution in [0.1, 0.15) is 19.4 Å². The second kappa shape index (κ2) is 5.42. The van der Waals surface area contributed by atoms with E-state index in [9.17, 15) is 0 Å². The van der Waals surface area contributed by atoms with Gasteiger partial charge in [-0.1, -0.05) is 37.3 Å². The van der Waals surface area contributed by atoms with Gasteiger partial charge in [-0.3, -0.25) is 4.90 Å². The molecule has 1 aliphatic rings. The first-order valence-electron chi connectivity index (χ1n) is 6.26. The Hall–Kier alpha value is -0.510. The van der Waals surface area contributed by atoms with Crippen molar-refractivity contribution in [3.8, 4) is 0 Å². The van der Waals surface area contributed by atoms with Gasteiger partial charge in [0.15, 0.2) is 0 Å². The van der Waals surface area contributed by atoms with Crippen molar-refractivity contribution >= 4 is 11.8 Å². The minimum Gasteiger partial charge on any atom is -0.321 e. The molecular formula is C14H22N2S. The quantitative estimate of drug-likeness (QED) is 0.892. The highest BCUT2D eigenvalue weighted by atomic mass is 32.2. The molecule has 0 saturated carbocycles. The van der Waals surface area contributed by atoms with Gasteiger partial charge >= 0.3 is 0 Å². The highest BCUT2D eigenvalue weighted by Crippen LogP contribution is 2.23. The molecule has 2 nitrogen and oxygen atoms in total. The minimum absolute atomic E-state index is 0.247. The van der Waals surface area contributed by atoms with Gasteiger partial charge in [0.1, 0.15) is 0 Å². The zero-order valence-corrected chi connectivity index (χ0v) is 11.5. The van der Waals surface area contributed by atoms with Crippen molar-refractivity contribution in [3.63, 3.8) is 0 Å². The summed E-state index contributed by atoms with van der Waals surface area (Å²) in [5, 5.41) is 0.732. The highest BCUT2D eigenvalue weighted by molar-refractivity contribution is 7.99. The van der Waals surface area contributed by atoms with Crippen LogP contribution >= 0.6 is 11.8 Å². The van der Waals surface area contributed by atoms with Gasteiger partial charge < -0.3 is 5.73 Å². The Morgan fingerprint density at radius 1 is 1.41 bits per heavy atom. The van der Waals surface area contributed by atoms with E-state index in [4.69, 9.17) is 5.73 Å². The summed E-state index contributed by atoms with van der Waals surface area (Å²) >= 11 is 2.06. The van der Waals surface area contributed by atoms with E-state index in [0.29, 0.717) is 0 Å². The number of nitrogens with zero attached hydrogens (tertiary/aromatic N) is 1. The maximum atomic E-state index is 6.47. The van der Waals surface area contributed by atoms with Gasteiger partial charge in [0.25, 0.3) is 0 Å². The molecule has 1 aromatic carbocycles. The largest absolute Gasteiger partial charge is 0.321 e. The number of nitrogens with two attached hydrogens (primary N) is 1. The van der Waals surface area contributed by atoms with E-state index in [1.54, 1.807) is 0 Å². The fourth-order valence-corrected chi connectivity index (χ4v) is 3.49. The van der Waals surface area contributed by atoms with Gasteiger partial charge in [0, 0.05) is 30.6 Å². The molecule has 2 rings (SSSR count). The molecule has 17 heavy (non-hydrogen) atoms. The van der Waals surface area contributed by atoms with Crippen LogP contribution in [-0.4, -0.2) is 35.5 Å². The molecule has 94 valence electrons. The lowest BCUT2D eigenvalue weighted by atomic mass is 9.92. The van der Waals surface area contributed by atoms with Gasteiger partial charge in [-0.25, -0.2) is 0 Å². The number of thioether (sulfide) groups is 1. The summed E-state index contributed by atoms with van der Waals surface area (Å²) in [6.07, 6.45) is 0. The number of hydrogen-bond acceptors (Lipinski definition) is 3. The summed E-state index contributed by atoms with van der Waals surface area (Å²) in [7, 11) is 0. The van der Waals surface area contributed by atoms with E-state index in [1.807, 2.05) is 6.07 Å². The Labute approximate surface area is 109 Å². The Kier molecular flexibility index (Phi) is 4.13. The minimum atomic E-state index is -0.247. The van der Waals surface area contributed by atoms with Gasteiger partial charge in [0.05, 0.1) is 5.54 Å². The lowest BCUT2D eigenvalue weighted by molar-refractivity contribution is 0.226. The summed E-state index contributed by atoms with van der Waals surface area (Å²) in [6, 6.07) is 10.4.